The van der Waals surface area contributed by atoms with Crippen molar-refractivity contribution >= 4 is 34.7 Å². The molecule has 8 heteroatoms. The number of methoxy groups -OCH3 is 1. The maximum atomic E-state index is 13.2. The molecular weight excluding hydrogens is 428 g/mol. The Hall–Kier alpha value is -3.10. The molecule has 2 aromatic carbocycles. The normalized spacial score (nSPS) is 10.8. The monoisotopic (exact) mass is 450 g/mol. The predicted octanol–water partition coefficient (Wildman–Crippen LogP) is 4.97. The Labute approximate surface area is 189 Å². The summed E-state index contributed by atoms with van der Waals surface area (Å²) < 4.78 is 7.15. The first-order valence-corrected chi connectivity index (χ1v) is 11.6. The van der Waals surface area contributed by atoms with Crippen LogP contribution in [0, 0.1) is 6.92 Å². The first-order valence-electron chi connectivity index (χ1n) is 9.70. The fraction of sp³-hybridized carbons (Fsp3) is 0.174. The highest BCUT2D eigenvalue weighted by molar-refractivity contribution is 7.99. The fourth-order valence-corrected chi connectivity index (χ4v) is 4.55. The van der Waals surface area contributed by atoms with E-state index >= 15 is 0 Å². The Morgan fingerprint density at radius 3 is 2.58 bits per heavy atom. The Morgan fingerprint density at radius 1 is 1.13 bits per heavy atom. The van der Waals surface area contributed by atoms with Crippen LogP contribution in [0.5, 0.6) is 5.75 Å². The molecule has 0 aliphatic heterocycles. The van der Waals surface area contributed by atoms with E-state index in [0.29, 0.717) is 11.7 Å². The van der Waals surface area contributed by atoms with Gasteiger partial charge in [-0.05, 0) is 54.8 Å². The van der Waals surface area contributed by atoms with Gasteiger partial charge in [0.25, 0.3) is 0 Å². The number of thiophene rings is 1. The number of hydrogen-bond donors (Lipinski definition) is 0. The quantitative estimate of drug-likeness (QED) is 0.355. The van der Waals surface area contributed by atoms with Crippen molar-refractivity contribution in [3.8, 4) is 11.4 Å². The summed E-state index contributed by atoms with van der Waals surface area (Å²) in [6.07, 6.45) is 1.67. The molecule has 0 saturated heterocycles. The molecule has 4 aromatic rings. The maximum Gasteiger partial charge on any atom is 0.237 e. The summed E-state index contributed by atoms with van der Waals surface area (Å²) in [6.45, 7) is 2.57. The van der Waals surface area contributed by atoms with E-state index in [1.807, 2.05) is 77.5 Å². The number of carbonyl (C=O) groups excluding carboxylic acids is 1. The van der Waals surface area contributed by atoms with Gasteiger partial charge in [0, 0.05) is 16.3 Å². The summed E-state index contributed by atoms with van der Waals surface area (Å²) in [5.41, 5.74) is 2.99. The van der Waals surface area contributed by atoms with Crippen LogP contribution in [0.2, 0.25) is 0 Å². The molecule has 0 unspecified atom stereocenters. The Balaban J connectivity index is 1.51. The van der Waals surface area contributed by atoms with Gasteiger partial charge in [0.1, 0.15) is 12.1 Å². The second kappa shape index (κ2) is 9.80. The van der Waals surface area contributed by atoms with E-state index in [9.17, 15) is 4.79 Å². The SMILES string of the molecule is COc1ccc(N(Cc2cccs2)C(=O)CSc2nncn2-c2ccc(C)cc2)cc1. The number of thioether (sulfide) groups is 1. The minimum atomic E-state index is 0.00187. The maximum absolute atomic E-state index is 13.2. The first-order chi connectivity index (χ1) is 15.1. The zero-order valence-corrected chi connectivity index (χ0v) is 18.9. The second-order valence-electron chi connectivity index (χ2n) is 6.87. The number of aromatic nitrogens is 3. The minimum Gasteiger partial charge on any atom is -0.497 e. The zero-order valence-electron chi connectivity index (χ0n) is 17.3. The number of amides is 1. The van der Waals surface area contributed by atoms with Gasteiger partial charge in [-0.1, -0.05) is 35.5 Å². The van der Waals surface area contributed by atoms with Gasteiger partial charge in [-0.15, -0.1) is 21.5 Å². The van der Waals surface area contributed by atoms with Crippen molar-refractivity contribution in [3.63, 3.8) is 0 Å². The van der Waals surface area contributed by atoms with Crippen LogP contribution in [0.4, 0.5) is 5.69 Å². The van der Waals surface area contributed by atoms with Crippen LogP contribution < -0.4 is 9.64 Å². The molecule has 31 heavy (non-hydrogen) atoms. The lowest BCUT2D eigenvalue weighted by Gasteiger charge is -2.22. The highest BCUT2D eigenvalue weighted by atomic mass is 32.2. The standard InChI is InChI=1S/C23H22N4O2S2/c1-17-5-7-19(8-6-17)27-16-24-25-23(27)31-15-22(28)26(14-21-4-3-13-30-21)18-9-11-20(29-2)12-10-18/h3-13,16H,14-15H2,1-2H3. The van der Waals surface area contributed by atoms with Gasteiger partial charge in [-0.3, -0.25) is 9.36 Å². The largest absolute Gasteiger partial charge is 0.497 e. The average molecular weight is 451 g/mol. The lowest BCUT2D eigenvalue weighted by atomic mass is 10.2. The van der Waals surface area contributed by atoms with Crippen molar-refractivity contribution in [2.75, 3.05) is 17.8 Å². The molecule has 4 rings (SSSR count). The van der Waals surface area contributed by atoms with Crippen LogP contribution in [-0.4, -0.2) is 33.5 Å². The van der Waals surface area contributed by atoms with E-state index in [0.717, 1.165) is 22.0 Å². The van der Waals surface area contributed by atoms with E-state index in [2.05, 4.69) is 10.2 Å². The molecular formula is C23H22N4O2S2. The first kappa shape index (κ1) is 21.1. The number of benzene rings is 2. The zero-order chi connectivity index (χ0) is 21.6. The molecule has 2 aromatic heterocycles. The van der Waals surface area contributed by atoms with Crippen molar-refractivity contribution in [3.05, 3.63) is 82.8 Å². The van der Waals surface area contributed by atoms with Crippen LogP contribution in [0.15, 0.2) is 77.5 Å². The van der Waals surface area contributed by atoms with Gasteiger partial charge < -0.3 is 9.64 Å². The van der Waals surface area contributed by atoms with Crippen molar-refractivity contribution in [1.29, 1.82) is 0 Å². The molecule has 0 bridgehead atoms. The van der Waals surface area contributed by atoms with Gasteiger partial charge in [0.15, 0.2) is 5.16 Å². The predicted molar refractivity (Wildman–Crippen MR) is 125 cm³/mol. The van der Waals surface area contributed by atoms with Crippen LogP contribution in [-0.2, 0) is 11.3 Å². The van der Waals surface area contributed by atoms with E-state index in [1.165, 1.54) is 17.3 Å². The van der Waals surface area contributed by atoms with Gasteiger partial charge in [0.05, 0.1) is 19.4 Å². The number of ether oxygens (including phenoxy) is 1. The molecule has 1 amide bonds. The summed E-state index contributed by atoms with van der Waals surface area (Å²) in [4.78, 5) is 16.2. The Bertz CT molecular complexity index is 1120. The molecule has 0 atom stereocenters. The minimum absolute atomic E-state index is 0.00187. The summed E-state index contributed by atoms with van der Waals surface area (Å²) in [6, 6.07) is 19.7. The smallest absolute Gasteiger partial charge is 0.237 e. The molecule has 6 nitrogen and oxygen atoms in total. The van der Waals surface area contributed by atoms with E-state index in [-0.39, 0.29) is 11.7 Å². The van der Waals surface area contributed by atoms with Crippen LogP contribution in [0.3, 0.4) is 0 Å². The second-order valence-corrected chi connectivity index (χ2v) is 8.84. The van der Waals surface area contributed by atoms with Crippen LogP contribution in [0.1, 0.15) is 10.4 Å². The Morgan fingerprint density at radius 2 is 1.90 bits per heavy atom. The molecule has 0 aliphatic rings. The van der Waals surface area contributed by atoms with Gasteiger partial charge in [-0.2, -0.15) is 0 Å². The van der Waals surface area contributed by atoms with E-state index in [1.54, 1.807) is 29.7 Å². The molecule has 0 radical (unpaired) electrons. The van der Waals surface area contributed by atoms with E-state index < -0.39 is 0 Å². The highest BCUT2D eigenvalue weighted by Crippen LogP contribution is 2.25. The molecule has 0 aliphatic carbocycles. The third kappa shape index (κ3) is 5.15. The van der Waals surface area contributed by atoms with Crippen LogP contribution in [0.25, 0.3) is 5.69 Å². The van der Waals surface area contributed by atoms with Crippen LogP contribution >= 0.6 is 23.1 Å². The molecule has 0 fully saturated rings. The lowest BCUT2D eigenvalue weighted by molar-refractivity contribution is -0.116. The van der Waals surface area contributed by atoms with Crippen molar-refractivity contribution in [1.82, 2.24) is 14.8 Å². The van der Waals surface area contributed by atoms with Crippen molar-refractivity contribution < 1.29 is 9.53 Å². The number of nitrogens with zero attached hydrogens (tertiary/aromatic N) is 4. The third-order valence-electron chi connectivity index (χ3n) is 4.73. The van der Waals surface area contributed by atoms with Gasteiger partial charge in [0.2, 0.25) is 5.91 Å². The van der Waals surface area contributed by atoms with E-state index in [4.69, 9.17) is 4.74 Å². The summed E-state index contributed by atoms with van der Waals surface area (Å²) >= 11 is 3.02. The third-order valence-corrected chi connectivity index (χ3v) is 6.52. The average Bonchev–Trinajstić information content (AvgIpc) is 3.48. The number of hydrogen-bond acceptors (Lipinski definition) is 6. The topological polar surface area (TPSA) is 60.2 Å². The number of anilines is 1. The Kier molecular flexibility index (Phi) is 6.69. The van der Waals surface area contributed by atoms with Crippen molar-refractivity contribution in [2.24, 2.45) is 0 Å². The fourth-order valence-electron chi connectivity index (χ4n) is 3.05. The number of aryl methyl sites for hydroxylation is 1. The lowest BCUT2D eigenvalue weighted by Crippen LogP contribution is -2.31. The molecule has 2 heterocycles. The number of rotatable bonds is 8. The molecule has 158 valence electrons. The molecule has 0 saturated carbocycles. The molecule has 0 N–H and O–H groups in total. The summed E-state index contributed by atoms with van der Waals surface area (Å²) in [7, 11) is 1.63. The highest BCUT2D eigenvalue weighted by Gasteiger charge is 2.19. The molecule has 0 spiro atoms. The summed E-state index contributed by atoms with van der Waals surface area (Å²) in [5.74, 6) is 1.01. The van der Waals surface area contributed by atoms with Gasteiger partial charge >= 0.3 is 0 Å². The summed E-state index contributed by atoms with van der Waals surface area (Å²) in [5, 5.41) is 10.9. The number of carbonyl (C=O) groups is 1. The van der Waals surface area contributed by atoms with Crippen molar-refractivity contribution in [2.45, 2.75) is 18.6 Å². The van der Waals surface area contributed by atoms with Gasteiger partial charge in [-0.25, -0.2) is 0 Å².